The molecule has 1 nitrogen and oxygen atoms in total. The third kappa shape index (κ3) is 1.92. The first-order valence-corrected chi connectivity index (χ1v) is 5.21. The van der Waals surface area contributed by atoms with Crippen LogP contribution in [0.3, 0.4) is 0 Å². The fourth-order valence-electron chi connectivity index (χ4n) is 1.22. The van der Waals surface area contributed by atoms with E-state index >= 15 is 0 Å². The molecule has 0 saturated carbocycles. The zero-order valence-electron chi connectivity index (χ0n) is 7.24. The molecular weight excluding hydrogens is 292 g/mol. The summed E-state index contributed by atoms with van der Waals surface area (Å²) in [6, 6.07) is 8.89. The number of hydrogen-bond acceptors (Lipinski definition) is 1. The molecule has 0 aliphatic rings. The minimum Gasteiger partial charge on any atom is -0.265 e. The highest BCUT2D eigenvalue weighted by atomic mass is 127. The molecule has 0 unspecified atom stereocenters. The first kappa shape index (κ1) is 9.58. The summed E-state index contributed by atoms with van der Waals surface area (Å²) in [7, 11) is 0. The van der Waals surface area contributed by atoms with Crippen molar-refractivity contribution in [2.24, 2.45) is 0 Å². The van der Waals surface area contributed by atoms with Crippen LogP contribution in [0.4, 0.5) is 4.39 Å². The van der Waals surface area contributed by atoms with E-state index in [4.69, 9.17) is 0 Å². The fraction of sp³-hybridized carbons (Fsp3) is 0. The Morgan fingerprint density at radius 2 is 1.71 bits per heavy atom. The van der Waals surface area contributed by atoms with Crippen LogP contribution in [-0.2, 0) is 0 Å². The molecule has 70 valence electrons. The van der Waals surface area contributed by atoms with E-state index in [1.807, 2.05) is 40.8 Å². The largest absolute Gasteiger partial charge is 0.265 e. The average Bonchev–Trinajstić information content (AvgIpc) is 2.23. The molecule has 0 fully saturated rings. The summed E-state index contributed by atoms with van der Waals surface area (Å²) in [4.78, 5) is 3.93. The van der Waals surface area contributed by atoms with Gasteiger partial charge in [0, 0.05) is 16.0 Å². The quantitative estimate of drug-likeness (QED) is 0.735. The standard InChI is InChI=1S/C11H7FIN/c12-10-2-1-9(7-11(10)13)8-3-5-14-6-4-8/h1-7H. The summed E-state index contributed by atoms with van der Waals surface area (Å²) in [5.74, 6) is -0.177. The van der Waals surface area contributed by atoms with Crippen LogP contribution in [0.15, 0.2) is 42.7 Å². The number of hydrogen-bond donors (Lipinski definition) is 0. The zero-order valence-corrected chi connectivity index (χ0v) is 9.40. The highest BCUT2D eigenvalue weighted by molar-refractivity contribution is 14.1. The van der Waals surface area contributed by atoms with Gasteiger partial charge in [-0.1, -0.05) is 6.07 Å². The van der Waals surface area contributed by atoms with Crippen LogP contribution in [-0.4, -0.2) is 4.98 Å². The van der Waals surface area contributed by atoms with Gasteiger partial charge < -0.3 is 0 Å². The van der Waals surface area contributed by atoms with Crippen molar-refractivity contribution in [2.75, 3.05) is 0 Å². The number of aromatic nitrogens is 1. The topological polar surface area (TPSA) is 12.9 Å². The minimum absolute atomic E-state index is 0.177. The molecule has 1 heterocycles. The van der Waals surface area contributed by atoms with Gasteiger partial charge in [-0.2, -0.15) is 0 Å². The summed E-state index contributed by atoms with van der Waals surface area (Å²) >= 11 is 1.99. The lowest BCUT2D eigenvalue weighted by Crippen LogP contribution is -1.84. The third-order valence-electron chi connectivity index (χ3n) is 1.93. The Balaban J connectivity index is 2.48. The van der Waals surface area contributed by atoms with Crippen molar-refractivity contribution in [1.82, 2.24) is 4.98 Å². The lowest BCUT2D eigenvalue weighted by Gasteiger charge is -2.01. The molecule has 0 radical (unpaired) electrons. The van der Waals surface area contributed by atoms with E-state index in [9.17, 15) is 4.39 Å². The lowest BCUT2D eigenvalue weighted by molar-refractivity contribution is 0.620. The van der Waals surface area contributed by atoms with Gasteiger partial charge in [-0.05, 0) is 58.0 Å². The number of pyridine rings is 1. The smallest absolute Gasteiger partial charge is 0.136 e. The van der Waals surface area contributed by atoms with E-state index in [2.05, 4.69) is 4.98 Å². The van der Waals surface area contributed by atoms with Crippen LogP contribution in [0.2, 0.25) is 0 Å². The van der Waals surface area contributed by atoms with Crippen LogP contribution in [0.1, 0.15) is 0 Å². The van der Waals surface area contributed by atoms with Crippen LogP contribution in [0, 0.1) is 9.39 Å². The van der Waals surface area contributed by atoms with Crippen LogP contribution in [0.25, 0.3) is 11.1 Å². The Morgan fingerprint density at radius 1 is 1.00 bits per heavy atom. The van der Waals surface area contributed by atoms with Crippen molar-refractivity contribution in [3.05, 3.63) is 52.1 Å². The molecule has 14 heavy (non-hydrogen) atoms. The molecule has 0 aliphatic carbocycles. The molecule has 0 bridgehead atoms. The summed E-state index contributed by atoms with van der Waals surface area (Å²) in [5.41, 5.74) is 2.07. The van der Waals surface area contributed by atoms with Gasteiger partial charge in [-0.3, -0.25) is 4.98 Å². The molecule has 0 amide bonds. The molecule has 0 aliphatic heterocycles. The van der Waals surface area contributed by atoms with Gasteiger partial charge in [0.1, 0.15) is 5.82 Å². The van der Waals surface area contributed by atoms with E-state index in [1.54, 1.807) is 18.5 Å². The molecule has 2 aromatic rings. The molecule has 2 rings (SSSR count). The molecule has 1 aromatic heterocycles. The summed E-state index contributed by atoms with van der Waals surface area (Å²) in [6.45, 7) is 0. The molecule has 0 saturated heterocycles. The van der Waals surface area contributed by atoms with Gasteiger partial charge in [0.2, 0.25) is 0 Å². The van der Waals surface area contributed by atoms with Crippen molar-refractivity contribution in [3.63, 3.8) is 0 Å². The minimum atomic E-state index is -0.177. The second-order valence-corrected chi connectivity index (χ2v) is 4.03. The Morgan fingerprint density at radius 3 is 2.36 bits per heavy atom. The van der Waals surface area contributed by atoms with E-state index in [0.717, 1.165) is 11.1 Å². The molecule has 3 heteroatoms. The van der Waals surface area contributed by atoms with Gasteiger partial charge in [0.25, 0.3) is 0 Å². The van der Waals surface area contributed by atoms with Crippen molar-refractivity contribution in [2.45, 2.75) is 0 Å². The lowest BCUT2D eigenvalue weighted by atomic mass is 10.1. The Bertz CT molecular complexity index is 442. The van der Waals surface area contributed by atoms with E-state index in [0.29, 0.717) is 3.57 Å². The number of benzene rings is 1. The van der Waals surface area contributed by atoms with Crippen molar-refractivity contribution in [1.29, 1.82) is 0 Å². The van der Waals surface area contributed by atoms with Crippen LogP contribution >= 0.6 is 22.6 Å². The van der Waals surface area contributed by atoms with Gasteiger partial charge in [0.15, 0.2) is 0 Å². The average molecular weight is 299 g/mol. The normalized spacial score (nSPS) is 10.1. The van der Waals surface area contributed by atoms with Crippen LogP contribution < -0.4 is 0 Å². The van der Waals surface area contributed by atoms with Crippen molar-refractivity contribution in [3.8, 4) is 11.1 Å². The van der Waals surface area contributed by atoms with Crippen molar-refractivity contribution < 1.29 is 4.39 Å². The highest BCUT2D eigenvalue weighted by Gasteiger charge is 2.01. The number of nitrogens with zero attached hydrogens (tertiary/aromatic N) is 1. The Kier molecular flexibility index (Phi) is 2.77. The first-order chi connectivity index (χ1) is 6.77. The van der Waals surface area contributed by atoms with Gasteiger partial charge in [-0.15, -0.1) is 0 Å². The van der Waals surface area contributed by atoms with Gasteiger partial charge in [-0.25, -0.2) is 4.39 Å². The van der Waals surface area contributed by atoms with Crippen LogP contribution in [0.5, 0.6) is 0 Å². The molecule has 1 aromatic carbocycles. The van der Waals surface area contributed by atoms with E-state index < -0.39 is 0 Å². The molecule has 0 spiro atoms. The highest BCUT2D eigenvalue weighted by Crippen LogP contribution is 2.22. The monoisotopic (exact) mass is 299 g/mol. The predicted octanol–water partition coefficient (Wildman–Crippen LogP) is 3.49. The van der Waals surface area contributed by atoms with E-state index in [1.165, 1.54) is 6.07 Å². The SMILES string of the molecule is Fc1ccc(-c2ccncc2)cc1I. The van der Waals surface area contributed by atoms with Crippen molar-refractivity contribution >= 4 is 22.6 Å². The zero-order chi connectivity index (χ0) is 9.97. The van der Waals surface area contributed by atoms with Gasteiger partial charge >= 0.3 is 0 Å². The maximum absolute atomic E-state index is 13.0. The Labute approximate surface area is 95.1 Å². The maximum Gasteiger partial charge on any atom is 0.136 e. The molecule has 0 N–H and O–H groups in total. The second-order valence-electron chi connectivity index (χ2n) is 2.86. The second kappa shape index (κ2) is 4.04. The van der Waals surface area contributed by atoms with E-state index in [-0.39, 0.29) is 5.82 Å². The first-order valence-electron chi connectivity index (χ1n) is 4.13. The number of rotatable bonds is 1. The summed E-state index contributed by atoms with van der Waals surface area (Å²) < 4.78 is 13.6. The van der Waals surface area contributed by atoms with Gasteiger partial charge in [0.05, 0.1) is 0 Å². The third-order valence-corrected chi connectivity index (χ3v) is 2.76. The predicted molar refractivity (Wildman–Crippen MR) is 62.3 cm³/mol. The summed E-state index contributed by atoms with van der Waals surface area (Å²) in [6.07, 6.45) is 3.46. The number of halogens is 2. The molecular formula is C11H7FIN. The summed E-state index contributed by atoms with van der Waals surface area (Å²) in [5, 5.41) is 0. The molecule has 0 atom stereocenters. The Hall–Kier alpha value is -0.970. The maximum atomic E-state index is 13.0. The fourth-order valence-corrected chi connectivity index (χ4v) is 1.74.